The zero-order chi connectivity index (χ0) is 21.3. The van der Waals surface area contributed by atoms with Gasteiger partial charge >= 0.3 is 0 Å². The Morgan fingerprint density at radius 2 is 1.83 bits per heavy atom. The van der Waals surface area contributed by atoms with Gasteiger partial charge in [0, 0.05) is 24.7 Å². The van der Waals surface area contributed by atoms with Gasteiger partial charge < -0.3 is 9.64 Å². The molecule has 0 spiro atoms. The summed E-state index contributed by atoms with van der Waals surface area (Å²) in [6, 6.07) is 7.79. The molecule has 30 heavy (non-hydrogen) atoms. The van der Waals surface area contributed by atoms with Crippen LogP contribution in [0.25, 0.3) is 11.3 Å². The van der Waals surface area contributed by atoms with Gasteiger partial charge in [-0.15, -0.1) is 10.2 Å². The van der Waals surface area contributed by atoms with Crippen molar-refractivity contribution in [3.05, 3.63) is 41.2 Å². The highest BCUT2D eigenvalue weighted by atomic mass is 35.5. The summed E-state index contributed by atoms with van der Waals surface area (Å²) in [6.07, 6.45) is 3.73. The lowest BCUT2D eigenvalue weighted by Crippen LogP contribution is -2.27. The van der Waals surface area contributed by atoms with E-state index in [4.69, 9.17) is 16.3 Å². The first-order valence-electron chi connectivity index (χ1n) is 10.9. The lowest BCUT2D eigenvalue weighted by Gasteiger charge is -2.24. The zero-order valence-corrected chi connectivity index (χ0v) is 18.8. The second-order valence-electron chi connectivity index (χ2n) is 10.1. The highest BCUT2D eigenvalue weighted by molar-refractivity contribution is 6.33. The molecule has 0 amide bonds. The number of halogens is 2. The molecule has 2 aromatic rings. The Morgan fingerprint density at radius 1 is 1.10 bits per heavy atom. The van der Waals surface area contributed by atoms with Crippen LogP contribution in [0.4, 0.5) is 4.39 Å². The Morgan fingerprint density at radius 3 is 2.47 bits per heavy atom. The molecule has 1 aliphatic heterocycles. The standard InChI is InChI=1S/C24H31ClFN3O/c1-24(2,3)8-9-29-13-17-10-16(11-18(17)14-29)15-30-23-7-6-22(27-28-23)20-12-19(26)4-5-21(20)25/h4-7,12,16-18H,8-11,13-15H2,1-3H3/t16?,17-,18+. The molecule has 0 bridgehead atoms. The van der Waals surface area contributed by atoms with Crippen LogP contribution in [0.1, 0.15) is 40.0 Å². The molecule has 1 unspecified atom stereocenters. The van der Waals surface area contributed by atoms with E-state index in [1.54, 1.807) is 12.1 Å². The van der Waals surface area contributed by atoms with Crippen LogP contribution in [0.5, 0.6) is 5.88 Å². The molecule has 1 aromatic carbocycles. The van der Waals surface area contributed by atoms with E-state index in [2.05, 4.69) is 35.9 Å². The molecule has 162 valence electrons. The van der Waals surface area contributed by atoms with Crippen LogP contribution in [0, 0.1) is 29.0 Å². The van der Waals surface area contributed by atoms with Gasteiger partial charge in [-0.25, -0.2) is 4.39 Å². The van der Waals surface area contributed by atoms with Crippen LogP contribution in [0.15, 0.2) is 30.3 Å². The summed E-state index contributed by atoms with van der Waals surface area (Å²) >= 11 is 6.15. The molecule has 1 saturated heterocycles. The summed E-state index contributed by atoms with van der Waals surface area (Å²) in [6.45, 7) is 11.3. The predicted molar refractivity (Wildman–Crippen MR) is 118 cm³/mol. The third-order valence-corrected chi connectivity index (χ3v) is 6.74. The van der Waals surface area contributed by atoms with Crippen molar-refractivity contribution in [2.75, 3.05) is 26.2 Å². The first kappa shape index (κ1) is 21.5. The minimum absolute atomic E-state index is 0.347. The number of ether oxygens (including phenoxy) is 1. The third-order valence-electron chi connectivity index (χ3n) is 6.41. The first-order valence-corrected chi connectivity index (χ1v) is 11.3. The van der Waals surface area contributed by atoms with Gasteiger partial charge in [-0.05, 0) is 73.2 Å². The molecule has 4 nitrogen and oxygen atoms in total. The molecule has 1 aromatic heterocycles. The number of likely N-dealkylation sites (tertiary alicyclic amines) is 1. The quantitative estimate of drug-likeness (QED) is 0.587. The lowest BCUT2D eigenvalue weighted by atomic mass is 9.92. The van der Waals surface area contributed by atoms with E-state index < -0.39 is 0 Å². The normalized spacial score (nSPS) is 24.2. The van der Waals surface area contributed by atoms with Crippen LogP contribution < -0.4 is 4.74 Å². The Kier molecular flexibility index (Phi) is 6.31. The van der Waals surface area contributed by atoms with Gasteiger partial charge in [-0.2, -0.15) is 0 Å². The topological polar surface area (TPSA) is 38.2 Å². The Hall–Kier alpha value is -1.72. The van der Waals surface area contributed by atoms with E-state index in [-0.39, 0.29) is 5.82 Å². The minimum atomic E-state index is -0.347. The maximum atomic E-state index is 13.5. The monoisotopic (exact) mass is 431 g/mol. The van der Waals surface area contributed by atoms with Crippen LogP contribution in [0.2, 0.25) is 5.02 Å². The van der Waals surface area contributed by atoms with E-state index in [0.29, 0.717) is 40.1 Å². The molecule has 4 rings (SSSR count). The maximum Gasteiger partial charge on any atom is 0.233 e. The van der Waals surface area contributed by atoms with Crippen molar-refractivity contribution in [3.63, 3.8) is 0 Å². The highest BCUT2D eigenvalue weighted by Crippen LogP contribution is 2.42. The van der Waals surface area contributed by atoms with Gasteiger partial charge in [0.1, 0.15) is 5.82 Å². The van der Waals surface area contributed by atoms with Gasteiger partial charge in [-0.1, -0.05) is 32.4 Å². The Balaban J connectivity index is 1.25. The molecule has 3 atom stereocenters. The van der Waals surface area contributed by atoms with Gasteiger partial charge in [0.2, 0.25) is 5.88 Å². The molecule has 6 heteroatoms. The fourth-order valence-corrected chi connectivity index (χ4v) is 4.99. The molecule has 0 radical (unpaired) electrons. The van der Waals surface area contributed by atoms with Crippen molar-refractivity contribution in [2.45, 2.75) is 40.0 Å². The summed E-state index contributed by atoms with van der Waals surface area (Å²) < 4.78 is 19.4. The molecule has 2 heterocycles. The largest absolute Gasteiger partial charge is 0.476 e. The van der Waals surface area contributed by atoms with Gasteiger partial charge in [0.25, 0.3) is 0 Å². The van der Waals surface area contributed by atoms with E-state index in [0.717, 1.165) is 11.8 Å². The van der Waals surface area contributed by atoms with Gasteiger partial charge in [-0.3, -0.25) is 0 Å². The van der Waals surface area contributed by atoms with E-state index in [1.807, 2.05) is 0 Å². The van der Waals surface area contributed by atoms with Crippen LogP contribution in [-0.2, 0) is 0 Å². The molecule has 2 aliphatic rings. The first-order chi connectivity index (χ1) is 14.3. The number of benzene rings is 1. The number of fused-ring (bicyclic) bond motifs is 1. The number of aromatic nitrogens is 2. The number of hydrogen-bond donors (Lipinski definition) is 0. The molecule has 0 N–H and O–H groups in total. The predicted octanol–water partition coefficient (Wildman–Crippen LogP) is 5.71. The maximum absolute atomic E-state index is 13.5. The molecule has 1 aliphatic carbocycles. The van der Waals surface area contributed by atoms with Crippen molar-refractivity contribution in [1.82, 2.24) is 15.1 Å². The van der Waals surface area contributed by atoms with Crippen molar-refractivity contribution >= 4 is 11.6 Å². The average molecular weight is 432 g/mol. The second kappa shape index (κ2) is 8.80. The smallest absolute Gasteiger partial charge is 0.233 e. The van der Waals surface area contributed by atoms with Crippen molar-refractivity contribution in [3.8, 4) is 17.1 Å². The van der Waals surface area contributed by atoms with E-state index in [9.17, 15) is 4.39 Å². The van der Waals surface area contributed by atoms with E-state index in [1.165, 1.54) is 57.1 Å². The van der Waals surface area contributed by atoms with Gasteiger partial charge in [0.15, 0.2) is 0 Å². The fraction of sp³-hybridized carbons (Fsp3) is 0.583. The SMILES string of the molecule is CC(C)(C)CCN1C[C@H]2CC(COc3ccc(-c4cc(F)ccc4Cl)nn3)C[C@H]2C1. The molecule has 2 fully saturated rings. The van der Waals surface area contributed by atoms with Crippen LogP contribution in [-0.4, -0.2) is 41.3 Å². The second-order valence-corrected chi connectivity index (χ2v) is 10.5. The Labute approximate surface area is 183 Å². The average Bonchev–Trinajstić information content (AvgIpc) is 3.25. The molecule has 1 saturated carbocycles. The number of rotatable bonds is 6. The summed E-state index contributed by atoms with van der Waals surface area (Å²) in [5.74, 6) is 2.36. The summed E-state index contributed by atoms with van der Waals surface area (Å²) in [5.41, 5.74) is 1.48. The summed E-state index contributed by atoms with van der Waals surface area (Å²) in [7, 11) is 0. The van der Waals surface area contributed by atoms with Crippen LogP contribution >= 0.6 is 11.6 Å². The molecular formula is C24H31ClFN3O. The lowest BCUT2D eigenvalue weighted by molar-refractivity contribution is 0.212. The van der Waals surface area contributed by atoms with Crippen LogP contribution in [0.3, 0.4) is 0 Å². The third kappa shape index (κ3) is 5.30. The zero-order valence-electron chi connectivity index (χ0n) is 18.1. The number of hydrogen-bond acceptors (Lipinski definition) is 4. The Bertz CT molecular complexity index is 854. The van der Waals surface area contributed by atoms with Crippen molar-refractivity contribution in [1.29, 1.82) is 0 Å². The number of nitrogens with zero attached hydrogens (tertiary/aromatic N) is 3. The minimum Gasteiger partial charge on any atom is -0.476 e. The molecular weight excluding hydrogens is 401 g/mol. The van der Waals surface area contributed by atoms with Gasteiger partial charge in [0.05, 0.1) is 17.3 Å². The summed E-state index contributed by atoms with van der Waals surface area (Å²) in [4.78, 5) is 2.65. The fourth-order valence-electron chi connectivity index (χ4n) is 4.77. The highest BCUT2D eigenvalue weighted by Gasteiger charge is 2.40. The van der Waals surface area contributed by atoms with E-state index >= 15 is 0 Å². The van der Waals surface area contributed by atoms with Crippen molar-refractivity contribution < 1.29 is 9.13 Å². The van der Waals surface area contributed by atoms with Crippen molar-refractivity contribution in [2.24, 2.45) is 23.2 Å². The summed E-state index contributed by atoms with van der Waals surface area (Å²) in [5, 5.41) is 8.78.